The molecule has 2 heterocycles. The summed E-state index contributed by atoms with van der Waals surface area (Å²) >= 11 is 0. The normalized spacial score (nSPS) is 12.6. The highest BCUT2D eigenvalue weighted by molar-refractivity contribution is 5.57. The van der Waals surface area contributed by atoms with E-state index in [0.29, 0.717) is 17.8 Å². The van der Waals surface area contributed by atoms with Crippen molar-refractivity contribution in [3.63, 3.8) is 0 Å². The second-order valence-electron chi connectivity index (χ2n) is 4.43. The van der Waals surface area contributed by atoms with Crippen LogP contribution in [0, 0.1) is 12.8 Å². The van der Waals surface area contributed by atoms with Gasteiger partial charge in [0.25, 0.3) is 0 Å². The molecule has 2 rings (SSSR count). The molecular formula is C12H15N3O3. The average molecular weight is 249 g/mol. The van der Waals surface area contributed by atoms with Crippen LogP contribution in [0.2, 0.25) is 0 Å². The molecule has 0 saturated heterocycles. The van der Waals surface area contributed by atoms with Crippen molar-refractivity contribution in [1.82, 2.24) is 15.1 Å². The minimum Gasteiger partial charge on any atom is -0.396 e. The van der Waals surface area contributed by atoms with Crippen molar-refractivity contribution in [2.24, 2.45) is 5.92 Å². The molecule has 0 radical (unpaired) electrons. The Morgan fingerprint density at radius 1 is 1.56 bits per heavy atom. The number of H-pyrrole nitrogens is 1. The molecule has 6 heteroatoms. The van der Waals surface area contributed by atoms with Crippen LogP contribution in [0.4, 0.5) is 0 Å². The van der Waals surface area contributed by atoms with E-state index in [1.54, 1.807) is 6.07 Å². The highest BCUT2D eigenvalue weighted by Crippen LogP contribution is 2.19. The zero-order valence-corrected chi connectivity index (χ0v) is 10.3. The Labute approximate surface area is 104 Å². The maximum absolute atomic E-state index is 11.5. The van der Waals surface area contributed by atoms with Crippen molar-refractivity contribution >= 4 is 0 Å². The van der Waals surface area contributed by atoms with Gasteiger partial charge in [0, 0.05) is 17.9 Å². The van der Waals surface area contributed by atoms with E-state index in [1.807, 2.05) is 13.8 Å². The number of rotatable bonds is 4. The zero-order valence-electron chi connectivity index (χ0n) is 10.3. The number of aliphatic hydroxyl groups excluding tert-OH is 1. The minimum absolute atomic E-state index is 0.0721. The van der Waals surface area contributed by atoms with Crippen molar-refractivity contribution in [2.45, 2.75) is 20.3 Å². The Balaban J connectivity index is 2.38. The van der Waals surface area contributed by atoms with Crippen LogP contribution in [0.1, 0.15) is 18.2 Å². The molecule has 2 N–H and O–H groups in total. The summed E-state index contributed by atoms with van der Waals surface area (Å²) < 4.78 is 4.84. The topological polar surface area (TPSA) is 92.0 Å². The summed E-state index contributed by atoms with van der Waals surface area (Å²) in [5.41, 5.74) is 2.20. The lowest BCUT2D eigenvalue weighted by molar-refractivity contribution is 0.236. The quantitative estimate of drug-likeness (QED) is 0.840. The first kappa shape index (κ1) is 12.5. The third-order valence-electron chi connectivity index (χ3n) is 2.67. The van der Waals surface area contributed by atoms with Gasteiger partial charge in [-0.25, -0.2) is 4.79 Å². The Morgan fingerprint density at radius 3 is 2.94 bits per heavy atom. The van der Waals surface area contributed by atoms with E-state index >= 15 is 0 Å². The molecule has 0 unspecified atom stereocenters. The van der Waals surface area contributed by atoms with Crippen molar-refractivity contribution < 1.29 is 9.63 Å². The van der Waals surface area contributed by atoms with Gasteiger partial charge < -0.3 is 14.6 Å². The van der Waals surface area contributed by atoms with Gasteiger partial charge in [0.05, 0.1) is 5.69 Å². The number of nitrogens with zero attached hydrogens (tertiary/aromatic N) is 2. The number of aromatic amines is 1. The van der Waals surface area contributed by atoms with Gasteiger partial charge in [0.15, 0.2) is 0 Å². The SMILES string of the molecule is Cc1conc1-c1cc(C[C@@H](C)CO)[nH]c(=O)n1. The van der Waals surface area contributed by atoms with E-state index in [9.17, 15) is 4.79 Å². The van der Waals surface area contributed by atoms with Crippen LogP contribution >= 0.6 is 0 Å². The monoisotopic (exact) mass is 249 g/mol. The fourth-order valence-electron chi connectivity index (χ4n) is 1.71. The Morgan fingerprint density at radius 2 is 2.33 bits per heavy atom. The van der Waals surface area contributed by atoms with Gasteiger partial charge in [0.2, 0.25) is 0 Å². The van der Waals surface area contributed by atoms with E-state index in [4.69, 9.17) is 9.63 Å². The fraction of sp³-hybridized carbons (Fsp3) is 0.417. The Kier molecular flexibility index (Phi) is 3.57. The molecule has 18 heavy (non-hydrogen) atoms. The molecule has 0 bridgehead atoms. The van der Waals surface area contributed by atoms with E-state index in [1.165, 1.54) is 6.26 Å². The first-order valence-electron chi connectivity index (χ1n) is 5.72. The summed E-state index contributed by atoms with van der Waals surface area (Å²) in [6.45, 7) is 3.81. The summed E-state index contributed by atoms with van der Waals surface area (Å²) in [6, 6.07) is 1.76. The van der Waals surface area contributed by atoms with Crippen molar-refractivity contribution in [3.8, 4) is 11.4 Å². The van der Waals surface area contributed by atoms with E-state index in [0.717, 1.165) is 11.3 Å². The molecule has 0 amide bonds. The molecule has 0 spiro atoms. The fourth-order valence-corrected chi connectivity index (χ4v) is 1.71. The van der Waals surface area contributed by atoms with Crippen LogP contribution in [0.25, 0.3) is 11.4 Å². The molecule has 2 aromatic heterocycles. The molecular weight excluding hydrogens is 234 g/mol. The number of nitrogens with one attached hydrogen (secondary N) is 1. The largest absolute Gasteiger partial charge is 0.396 e. The molecule has 1 atom stereocenters. The number of aromatic nitrogens is 3. The van der Waals surface area contributed by atoms with E-state index < -0.39 is 5.69 Å². The van der Waals surface area contributed by atoms with Gasteiger partial charge >= 0.3 is 5.69 Å². The van der Waals surface area contributed by atoms with Crippen LogP contribution in [0.5, 0.6) is 0 Å². The first-order chi connectivity index (χ1) is 8.60. The lowest BCUT2D eigenvalue weighted by atomic mass is 10.1. The minimum atomic E-state index is -0.421. The maximum atomic E-state index is 11.5. The molecule has 0 fully saturated rings. The van der Waals surface area contributed by atoms with Crippen LogP contribution in [0.15, 0.2) is 21.6 Å². The predicted molar refractivity (Wildman–Crippen MR) is 65.0 cm³/mol. The number of hydrogen-bond donors (Lipinski definition) is 2. The van der Waals surface area contributed by atoms with Crippen molar-refractivity contribution in [3.05, 3.63) is 34.1 Å². The summed E-state index contributed by atoms with van der Waals surface area (Å²) in [7, 11) is 0. The lowest BCUT2D eigenvalue weighted by Gasteiger charge is -2.07. The van der Waals surface area contributed by atoms with Crippen LogP contribution in [-0.4, -0.2) is 26.8 Å². The van der Waals surface area contributed by atoms with Crippen molar-refractivity contribution in [2.75, 3.05) is 6.61 Å². The summed E-state index contributed by atoms with van der Waals surface area (Å²) in [6.07, 6.45) is 2.09. The maximum Gasteiger partial charge on any atom is 0.345 e. The Bertz CT molecular complexity index is 588. The smallest absolute Gasteiger partial charge is 0.345 e. The zero-order chi connectivity index (χ0) is 13.1. The molecule has 6 nitrogen and oxygen atoms in total. The van der Waals surface area contributed by atoms with Crippen molar-refractivity contribution in [1.29, 1.82) is 0 Å². The predicted octanol–water partition coefficient (Wildman–Crippen LogP) is 0.904. The highest BCUT2D eigenvalue weighted by atomic mass is 16.5. The van der Waals surface area contributed by atoms with Crippen LogP contribution < -0.4 is 5.69 Å². The van der Waals surface area contributed by atoms with Gasteiger partial charge in [-0.15, -0.1) is 0 Å². The van der Waals surface area contributed by atoms with Gasteiger partial charge in [-0.1, -0.05) is 12.1 Å². The second kappa shape index (κ2) is 5.14. The third kappa shape index (κ3) is 2.65. The summed E-state index contributed by atoms with van der Waals surface area (Å²) in [4.78, 5) is 18.0. The molecule has 0 saturated carbocycles. The average Bonchev–Trinajstić information content (AvgIpc) is 2.74. The summed E-state index contributed by atoms with van der Waals surface area (Å²) in [5.74, 6) is 0.0781. The van der Waals surface area contributed by atoms with Crippen LogP contribution in [-0.2, 0) is 6.42 Å². The van der Waals surface area contributed by atoms with Crippen LogP contribution in [0.3, 0.4) is 0 Å². The number of aliphatic hydroxyl groups is 1. The number of hydrogen-bond acceptors (Lipinski definition) is 5. The van der Waals surface area contributed by atoms with Gasteiger partial charge in [-0.05, 0) is 25.3 Å². The Hall–Kier alpha value is -1.95. The van der Waals surface area contributed by atoms with E-state index in [2.05, 4.69) is 15.1 Å². The second-order valence-corrected chi connectivity index (χ2v) is 4.43. The standard InChI is InChI=1S/C12H15N3O3/c1-7(5-16)3-9-4-10(14-12(17)13-9)11-8(2)6-18-15-11/h4,6-7,16H,3,5H2,1-2H3,(H,13,14,17)/t7-/m1/s1. The molecule has 0 aliphatic heterocycles. The third-order valence-corrected chi connectivity index (χ3v) is 2.67. The highest BCUT2D eigenvalue weighted by Gasteiger charge is 2.11. The molecule has 0 aliphatic rings. The van der Waals surface area contributed by atoms with Gasteiger partial charge in [-0.2, -0.15) is 4.98 Å². The first-order valence-corrected chi connectivity index (χ1v) is 5.72. The lowest BCUT2D eigenvalue weighted by Crippen LogP contribution is -2.16. The molecule has 0 aromatic carbocycles. The number of aryl methyl sites for hydroxylation is 1. The molecule has 96 valence electrons. The van der Waals surface area contributed by atoms with Gasteiger partial charge in [0.1, 0.15) is 12.0 Å². The summed E-state index contributed by atoms with van der Waals surface area (Å²) in [5, 5.41) is 12.9. The van der Waals surface area contributed by atoms with E-state index in [-0.39, 0.29) is 12.5 Å². The molecule has 0 aliphatic carbocycles. The molecule has 2 aromatic rings. The van der Waals surface area contributed by atoms with Gasteiger partial charge in [-0.3, -0.25) is 0 Å².